The maximum Gasteiger partial charge on any atom is 0.238 e. The molecule has 1 amide bonds. The van der Waals surface area contributed by atoms with Gasteiger partial charge in [-0.15, -0.1) is 0 Å². The van der Waals surface area contributed by atoms with E-state index >= 15 is 0 Å². The van der Waals surface area contributed by atoms with Crippen LogP contribution in [0.25, 0.3) is 0 Å². The van der Waals surface area contributed by atoms with E-state index in [0.29, 0.717) is 13.1 Å². The van der Waals surface area contributed by atoms with Crippen LogP contribution < -0.4 is 10.6 Å². The van der Waals surface area contributed by atoms with E-state index in [2.05, 4.69) is 15.5 Å². The second-order valence-corrected chi connectivity index (χ2v) is 4.87. The summed E-state index contributed by atoms with van der Waals surface area (Å²) in [4.78, 5) is 14.1. The summed E-state index contributed by atoms with van der Waals surface area (Å²) in [6.45, 7) is 3.08. The van der Waals surface area contributed by atoms with Crippen LogP contribution in [0.4, 0.5) is 4.39 Å². The van der Waals surface area contributed by atoms with Crippen molar-refractivity contribution in [3.05, 3.63) is 35.6 Å². The van der Waals surface area contributed by atoms with Crippen molar-refractivity contribution in [2.75, 3.05) is 33.2 Å². The van der Waals surface area contributed by atoms with E-state index < -0.39 is 0 Å². The molecule has 1 saturated heterocycles. The summed E-state index contributed by atoms with van der Waals surface area (Å²) in [6.07, 6.45) is 0.718. The van der Waals surface area contributed by atoms with Gasteiger partial charge >= 0.3 is 0 Å². The Hall–Kier alpha value is -1.46. The number of rotatable bonds is 4. The first kappa shape index (κ1) is 14.0. The third-order valence-corrected chi connectivity index (χ3v) is 3.44. The highest BCUT2D eigenvalue weighted by atomic mass is 19.1. The molecule has 1 aliphatic rings. The average Bonchev–Trinajstić information content (AvgIpc) is 2.41. The van der Waals surface area contributed by atoms with Gasteiger partial charge in [0.05, 0.1) is 0 Å². The van der Waals surface area contributed by atoms with Crippen LogP contribution in [0.2, 0.25) is 0 Å². The van der Waals surface area contributed by atoms with Crippen LogP contribution in [0, 0.1) is 5.82 Å². The van der Waals surface area contributed by atoms with Gasteiger partial charge in [-0.1, -0.05) is 12.1 Å². The second-order valence-electron chi connectivity index (χ2n) is 4.87. The lowest BCUT2D eigenvalue weighted by atomic mass is 10.1. The van der Waals surface area contributed by atoms with Crippen LogP contribution in [0.15, 0.2) is 24.3 Å². The minimum absolute atomic E-state index is 0.0526. The maximum atomic E-state index is 12.7. The molecule has 1 fully saturated rings. The fourth-order valence-electron chi connectivity index (χ4n) is 2.20. The normalized spacial score (nSPS) is 20.2. The summed E-state index contributed by atoms with van der Waals surface area (Å²) in [6, 6.07) is 6.28. The topological polar surface area (TPSA) is 44.4 Å². The van der Waals surface area contributed by atoms with Crippen LogP contribution in [-0.2, 0) is 11.2 Å². The molecule has 1 aromatic rings. The first-order chi connectivity index (χ1) is 9.16. The lowest BCUT2D eigenvalue weighted by Gasteiger charge is -2.31. The number of piperazine rings is 1. The maximum absolute atomic E-state index is 12.7. The fourth-order valence-corrected chi connectivity index (χ4v) is 2.20. The molecule has 0 bridgehead atoms. The number of carbonyl (C=O) groups excluding carboxylic acids is 1. The molecule has 5 heteroatoms. The van der Waals surface area contributed by atoms with Crippen LogP contribution in [0.1, 0.15) is 5.56 Å². The zero-order valence-corrected chi connectivity index (χ0v) is 11.2. The van der Waals surface area contributed by atoms with Crippen molar-refractivity contribution in [2.45, 2.75) is 12.5 Å². The smallest absolute Gasteiger partial charge is 0.238 e. The van der Waals surface area contributed by atoms with Gasteiger partial charge in [-0.2, -0.15) is 0 Å². The minimum Gasteiger partial charge on any atom is -0.354 e. The molecule has 2 rings (SSSR count). The third kappa shape index (κ3) is 4.01. The first-order valence-corrected chi connectivity index (χ1v) is 6.60. The summed E-state index contributed by atoms with van der Waals surface area (Å²) < 4.78 is 12.7. The standard InChI is InChI=1S/C14H20FN3O/c1-18-9-8-16-10-13(18)14(19)17-7-6-11-2-4-12(15)5-3-11/h2-5,13,16H,6-10H2,1H3,(H,17,19). The van der Waals surface area contributed by atoms with Gasteiger partial charge in [-0.05, 0) is 31.2 Å². The lowest BCUT2D eigenvalue weighted by molar-refractivity contribution is -0.126. The number of nitrogens with zero attached hydrogens (tertiary/aromatic N) is 1. The van der Waals surface area contributed by atoms with Gasteiger partial charge < -0.3 is 10.6 Å². The van der Waals surface area contributed by atoms with Crippen LogP contribution in [-0.4, -0.2) is 50.1 Å². The van der Waals surface area contributed by atoms with Gasteiger partial charge in [0, 0.05) is 26.2 Å². The van der Waals surface area contributed by atoms with Gasteiger partial charge in [-0.3, -0.25) is 9.69 Å². The van der Waals surface area contributed by atoms with Crippen molar-refractivity contribution < 1.29 is 9.18 Å². The van der Waals surface area contributed by atoms with Crippen LogP contribution >= 0.6 is 0 Å². The molecular weight excluding hydrogens is 245 g/mol. The molecule has 1 heterocycles. The van der Waals surface area contributed by atoms with Gasteiger partial charge in [0.1, 0.15) is 11.9 Å². The Kier molecular flexibility index (Phi) is 4.87. The van der Waals surface area contributed by atoms with Crippen LogP contribution in [0.5, 0.6) is 0 Å². The van der Waals surface area contributed by atoms with Gasteiger partial charge in [0.25, 0.3) is 0 Å². The number of benzene rings is 1. The summed E-state index contributed by atoms with van der Waals surface area (Å²) >= 11 is 0. The summed E-state index contributed by atoms with van der Waals surface area (Å²) in [5, 5.41) is 6.15. The molecule has 0 saturated carbocycles. The number of likely N-dealkylation sites (N-methyl/N-ethyl adjacent to an activating group) is 1. The van der Waals surface area contributed by atoms with E-state index in [-0.39, 0.29) is 17.8 Å². The number of nitrogens with one attached hydrogen (secondary N) is 2. The van der Waals surface area contributed by atoms with E-state index in [1.54, 1.807) is 12.1 Å². The zero-order valence-electron chi connectivity index (χ0n) is 11.2. The molecule has 104 valence electrons. The highest BCUT2D eigenvalue weighted by Crippen LogP contribution is 2.03. The molecule has 1 atom stereocenters. The number of halogens is 1. The lowest BCUT2D eigenvalue weighted by Crippen LogP contribution is -2.56. The second kappa shape index (κ2) is 6.63. The Bertz CT molecular complexity index is 421. The quantitative estimate of drug-likeness (QED) is 0.827. The number of hydrogen-bond donors (Lipinski definition) is 2. The minimum atomic E-state index is -0.234. The molecule has 1 aliphatic heterocycles. The summed E-state index contributed by atoms with van der Waals surface area (Å²) in [5.41, 5.74) is 1.02. The number of carbonyl (C=O) groups is 1. The van der Waals surface area contributed by atoms with Crippen molar-refractivity contribution in [1.29, 1.82) is 0 Å². The molecular formula is C14H20FN3O. The highest BCUT2D eigenvalue weighted by Gasteiger charge is 2.24. The third-order valence-electron chi connectivity index (χ3n) is 3.44. The Balaban J connectivity index is 1.75. The zero-order chi connectivity index (χ0) is 13.7. The molecule has 0 aromatic heterocycles. The fraction of sp³-hybridized carbons (Fsp3) is 0.500. The van der Waals surface area contributed by atoms with Gasteiger partial charge in [0.15, 0.2) is 0 Å². The van der Waals surface area contributed by atoms with Gasteiger partial charge in [0.2, 0.25) is 5.91 Å². The molecule has 1 unspecified atom stereocenters. The molecule has 1 aromatic carbocycles. The Morgan fingerprint density at radius 3 is 2.89 bits per heavy atom. The number of hydrogen-bond acceptors (Lipinski definition) is 3. The molecule has 2 N–H and O–H groups in total. The molecule has 4 nitrogen and oxygen atoms in total. The number of amides is 1. The Morgan fingerprint density at radius 2 is 2.21 bits per heavy atom. The Labute approximate surface area is 113 Å². The Morgan fingerprint density at radius 1 is 1.47 bits per heavy atom. The summed E-state index contributed by atoms with van der Waals surface area (Å²) in [5.74, 6) is -0.181. The monoisotopic (exact) mass is 265 g/mol. The van der Waals surface area contributed by atoms with E-state index in [1.807, 2.05) is 7.05 Å². The van der Waals surface area contributed by atoms with Crippen molar-refractivity contribution >= 4 is 5.91 Å². The van der Waals surface area contributed by atoms with Crippen molar-refractivity contribution in [3.63, 3.8) is 0 Å². The van der Waals surface area contributed by atoms with E-state index in [4.69, 9.17) is 0 Å². The molecule has 0 radical (unpaired) electrons. The van der Waals surface area contributed by atoms with Crippen molar-refractivity contribution in [2.24, 2.45) is 0 Å². The molecule has 19 heavy (non-hydrogen) atoms. The SMILES string of the molecule is CN1CCNCC1C(=O)NCCc1ccc(F)cc1. The molecule has 0 aliphatic carbocycles. The van der Waals surface area contributed by atoms with E-state index in [0.717, 1.165) is 25.1 Å². The highest BCUT2D eigenvalue weighted by molar-refractivity contribution is 5.82. The molecule has 0 spiro atoms. The van der Waals surface area contributed by atoms with Crippen molar-refractivity contribution in [3.8, 4) is 0 Å². The first-order valence-electron chi connectivity index (χ1n) is 6.60. The summed E-state index contributed by atoms with van der Waals surface area (Å²) in [7, 11) is 1.96. The van der Waals surface area contributed by atoms with E-state index in [9.17, 15) is 9.18 Å². The predicted molar refractivity (Wildman–Crippen MR) is 72.4 cm³/mol. The largest absolute Gasteiger partial charge is 0.354 e. The van der Waals surface area contributed by atoms with Crippen LogP contribution in [0.3, 0.4) is 0 Å². The van der Waals surface area contributed by atoms with Crippen molar-refractivity contribution in [1.82, 2.24) is 15.5 Å². The average molecular weight is 265 g/mol. The van der Waals surface area contributed by atoms with Gasteiger partial charge in [-0.25, -0.2) is 4.39 Å². The van der Waals surface area contributed by atoms with E-state index in [1.165, 1.54) is 12.1 Å². The predicted octanol–water partition coefficient (Wildman–Crippen LogP) is 0.388.